The summed E-state index contributed by atoms with van der Waals surface area (Å²) in [5, 5.41) is 1.19. The van der Waals surface area contributed by atoms with E-state index < -0.39 is 9.84 Å². The third-order valence-electron chi connectivity index (χ3n) is 5.91. The predicted octanol–water partition coefficient (Wildman–Crippen LogP) is 3.21. The van der Waals surface area contributed by atoms with Crippen molar-refractivity contribution >= 4 is 38.3 Å². The van der Waals surface area contributed by atoms with E-state index >= 15 is 0 Å². The number of fused-ring (bicyclic) bond motifs is 1. The van der Waals surface area contributed by atoms with Gasteiger partial charge >= 0.3 is 0 Å². The van der Waals surface area contributed by atoms with Crippen molar-refractivity contribution < 1.29 is 22.4 Å². The molecule has 2 aromatic rings. The number of ether oxygens (including phenoxy) is 1. The molecule has 3 heterocycles. The number of carbonyl (C=O) groups is 1. The van der Waals surface area contributed by atoms with Crippen molar-refractivity contribution in [1.29, 1.82) is 0 Å². The van der Waals surface area contributed by atoms with Gasteiger partial charge in [-0.05, 0) is 38.8 Å². The summed E-state index contributed by atoms with van der Waals surface area (Å²) in [5.74, 6) is 0.441. The molecular weight excluding hydrogens is 428 g/mol. The summed E-state index contributed by atoms with van der Waals surface area (Å²) in [6, 6.07) is 5.69. The van der Waals surface area contributed by atoms with Crippen LogP contribution in [0.5, 0.6) is 5.75 Å². The zero-order valence-corrected chi connectivity index (χ0v) is 18.8. The van der Waals surface area contributed by atoms with E-state index in [1.165, 1.54) is 4.90 Å². The van der Waals surface area contributed by atoms with Gasteiger partial charge in [0.2, 0.25) is 0 Å². The molecule has 1 amide bonds. The van der Waals surface area contributed by atoms with Crippen LogP contribution in [0.15, 0.2) is 22.6 Å². The van der Waals surface area contributed by atoms with Gasteiger partial charge in [-0.1, -0.05) is 11.6 Å². The Morgan fingerprint density at radius 1 is 1.13 bits per heavy atom. The highest BCUT2D eigenvalue weighted by Crippen LogP contribution is 2.34. The first-order valence-corrected chi connectivity index (χ1v) is 12.6. The second kappa shape index (κ2) is 8.40. The molecule has 0 unspecified atom stereocenters. The Kier molecular flexibility index (Phi) is 6.01. The molecule has 0 aliphatic carbocycles. The average Bonchev–Trinajstić information content (AvgIpc) is 3.11. The van der Waals surface area contributed by atoms with Crippen molar-refractivity contribution in [3.05, 3.63) is 29.0 Å². The fourth-order valence-corrected chi connectivity index (χ4v) is 5.40. The largest absolute Gasteiger partial charge is 0.489 e. The molecule has 0 saturated carbocycles. The molecule has 0 radical (unpaired) electrons. The number of furan rings is 1. The van der Waals surface area contributed by atoms with Crippen molar-refractivity contribution in [2.24, 2.45) is 0 Å². The van der Waals surface area contributed by atoms with Gasteiger partial charge in [-0.15, -0.1) is 0 Å². The minimum absolute atomic E-state index is 0.0155. The minimum Gasteiger partial charge on any atom is -0.489 e. The van der Waals surface area contributed by atoms with Gasteiger partial charge in [0.1, 0.15) is 17.4 Å². The molecule has 2 fully saturated rings. The van der Waals surface area contributed by atoms with Crippen LogP contribution in [0.25, 0.3) is 11.0 Å². The molecule has 7 nitrogen and oxygen atoms in total. The first kappa shape index (κ1) is 21.5. The molecule has 0 N–H and O–H groups in total. The van der Waals surface area contributed by atoms with Crippen molar-refractivity contribution in [1.82, 2.24) is 9.80 Å². The molecular formula is C21H27ClN2O5S. The lowest BCUT2D eigenvalue weighted by atomic mass is 10.1. The highest BCUT2D eigenvalue weighted by atomic mass is 35.5. The van der Waals surface area contributed by atoms with Crippen LogP contribution < -0.4 is 4.74 Å². The molecule has 1 aromatic heterocycles. The van der Waals surface area contributed by atoms with Crippen LogP contribution in [0.2, 0.25) is 5.02 Å². The number of likely N-dealkylation sites (tertiary alicyclic amines) is 1. The van der Waals surface area contributed by atoms with Crippen LogP contribution in [-0.2, 0) is 9.84 Å². The third-order valence-corrected chi connectivity index (χ3v) is 7.82. The van der Waals surface area contributed by atoms with Gasteiger partial charge in [-0.25, -0.2) is 8.42 Å². The molecule has 4 rings (SSSR count). The Morgan fingerprint density at radius 2 is 1.80 bits per heavy atom. The van der Waals surface area contributed by atoms with Crippen molar-refractivity contribution in [3.63, 3.8) is 0 Å². The Labute approximate surface area is 181 Å². The van der Waals surface area contributed by atoms with Crippen LogP contribution in [0.4, 0.5) is 0 Å². The maximum absolute atomic E-state index is 12.7. The average molecular weight is 455 g/mol. The third kappa shape index (κ3) is 4.60. The molecule has 1 aromatic carbocycles. The fourth-order valence-electron chi connectivity index (χ4n) is 4.00. The van der Waals surface area contributed by atoms with Crippen LogP contribution in [0.1, 0.15) is 37.2 Å². The van der Waals surface area contributed by atoms with E-state index in [0.717, 1.165) is 31.3 Å². The van der Waals surface area contributed by atoms with E-state index in [-0.39, 0.29) is 42.4 Å². The van der Waals surface area contributed by atoms with E-state index in [1.807, 2.05) is 6.07 Å². The summed E-state index contributed by atoms with van der Waals surface area (Å²) in [6.45, 7) is 6.76. The van der Waals surface area contributed by atoms with Crippen molar-refractivity contribution in [2.75, 3.05) is 37.7 Å². The van der Waals surface area contributed by atoms with Gasteiger partial charge in [0, 0.05) is 43.7 Å². The van der Waals surface area contributed by atoms with Crippen LogP contribution in [0.3, 0.4) is 0 Å². The van der Waals surface area contributed by atoms with Gasteiger partial charge in [0.15, 0.2) is 15.6 Å². The summed E-state index contributed by atoms with van der Waals surface area (Å²) in [6.07, 6.45) is 2.00. The number of piperidine rings is 1. The maximum atomic E-state index is 12.7. The van der Waals surface area contributed by atoms with Crippen LogP contribution in [0, 0.1) is 0 Å². The first-order valence-electron chi connectivity index (χ1n) is 10.4. The number of carbonyl (C=O) groups excluding carboxylic acids is 1. The van der Waals surface area contributed by atoms with Crippen LogP contribution in [-0.4, -0.2) is 74.0 Å². The zero-order chi connectivity index (χ0) is 21.5. The molecule has 2 aliphatic heterocycles. The smallest absolute Gasteiger partial charge is 0.289 e. The highest BCUT2D eigenvalue weighted by molar-refractivity contribution is 7.91. The van der Waals surface area contributed by atoms with Crippen molar-refractivity contribution in [3.8, 4) is 5.75 Å². The summed E-state index contributed by atoms with van der Waals surface area (Å²) >= 11 is 6.41. The maximum Gasteiger partial charge on any atom is 0.289 e. The number of halogens is 1. The number of amides is 1. The molecule has 0 atom stereocenters. The van der Waals surface area contributed by atoms with Crippen molar-refractivity contribution in [2.45, 2.75) is 38.8 Å². The van der Waals surface area contributed by atoms with E-state index in [2.05, 4.69) is 18.7 Å². The molecule has 9 heteroatoms. The minimum atomic E-state index is -3.05. The SMILES string of the molecule is CC(C)N1CCC(Oc2cc3cc(C(=O)N4CCS(=O)(=O)CC4)oc3cc2Cl)CC1. The number of sulfone groups is 1. The lowest BCUT2D eigenvalue weighted by molar-refractivity contribution is 0.0740. The second-order valence-corrected chi connectivity index (χ2v) is 11.0. The molecule has 0 bridgehead atoms. The Hall–Kier alpha value is -1.77. The van der Waals surface area contributed by atoms with E-state index in [0.29, 0.717) is 22.4 Å². The predicted molar refractivity (Wildman–Crippen MR) is 116 cm³/mol. The Balaban J connectivity index is 1.47. The lowest BCUT2D eigenvalue weighted by Gasteiger charge is -2.34. The van der Waals surface area contributed by atoms with E-state index in [1.54, 1.807) is 12.1 Å². The lowest BCUT2D eigenvalue weighted by Crippen LogP contribution is -2.43. The number of benzene rings is 1. The normalized spacial score (nSPS) is 20.7. The summed E-state index contributed by atoms with van der Waals surface area (Å²) in [5.41, 5.74) is 0.509. The number of hydrogen-bond acceptors (Lipinski definition) is 6. The summed E-state index contributed by atoms with van der Waals surface area (Å²) in [4.78, 5) is 16.7. The van der Waals surface area contributed by atoms with Gasteiger partial charge < -0.3 is 19.0 Å². The summed E-state index contributed by atoms with van der Waals surface area (Å²) < 4.78 is 35.1. The van der Waals surface area contributed by atoms with Crippen LogP contribution >= 0.6 is 11.6 Å². The number of nitrogens with zero attached hydrogens (tertiary/aromatic N) is 2. The standard InChI is InChI=1S/C21H27ClN2O5S/c1-14(2)23-5-3-16(4-6-23)28-19-11-15-12-20(29-18(15)13-17(19)22)21(25)24-7-9-30(26,27)10-8-24/h11-14,16H,3-10H2,1-2H3. The van der Waals surface area contributed by atoms with Gasteiger partial charge in [-0.3, -0.25) is 4.79 Å². The van der Waals surface area contributed by atoms with Gasteiger partial charge in [0.25, 0.3) is 5.91 Å². The molecule has 2 aliphatic rings. The zero-order valence-electron chi connectivity index (χ0n) is 17.3. The van der Waals surface area contributed by atoms with E-state index in [4.69, 9.17) is 20.8 Å². The van der Waals surface area contributed by atoms with Gasteiger partial charge in [0.05, 0.1) is 16.5 Å². The summed E-state index contributed by atoms with van der Waals surface area (Å²) in [7, 11) is -3.05. The Bertz CT molecular complexity index is 1030. The quantitative estimate of drug-likeness (QED) is 0.705. The van der Waals surface area contributed by atoms with Gasteiger partial charge in [-0.2, -0.15) is 0 Å². The molecule has 164 valence electrons. The second-order valence-electron chi connectivity index (χ2n) is 8.32. The number of rotatable bonds is 4. The number of hydrogen-bond donors (Lipinski definition) is 0. The topological polar surface area (TPSA) is 80.1 Å². The first-order chi connectivity index (χ1) is 14.2. The molecule has 30 heavy (non-hydrogen) atoms. The molecule has 2 saturated heterocycles. The highest BCUT2D eigenvalue weighted by Gasteiger charge is 2.28. The molecule has 0 spiro atoms. The monoisotopic (exact) mass is 454 g/mol. The van der Waals surface area contributed by atoms with E-state index in [9.17, 15) is 13.2 Å². The fraction of sp³-hybridized carbons (Fsp3) is 0.571. The Morgan fingerprint density at radius 3 is 2.43 bits per heavy atom.